The highest BCUT2D eigenvalue weighted by molar-refractivity contribution is 6.68. The van der Waals surface area contributed by atoms with E-state index in [0.717, 1.165) is 0 Å². The van der Waals surface area contributed by atoms with Gasteiger partial charge < -0.3 is 10.6 Å². The number of nitro benzene ring substituents is 1. The summed E-state index contributed by atoms with van der Waals surface area (Å²) in [6.07, 6.45) is -0.0770. The van der Waals surface area contributed by atoms with Crippen LogP contribution in [0.3, 0.4) is 0 Å². The van der Waals surface area contributed by atoms with Crippen molar-refractivity contribution in [2.45, 2.75) is 29.7 Å². The van der Waals surface area contributed by atoms with Crippen LogP contribution in [0.15, 0.2) is 24.3 Å². The first-order valence-electron chi connectivity index (χ1n) is 6.11. The molecular formula is C12H14Cl3N3O3. The van der Waals surface area contributed by atoms with Crippen LogP contribution < -0.4 is 10.6 Å². The summed E-state index contributed by atoms with van der Waals surface area (Å²) in [5, 5.41) is 16.0. The van der Waals surface area contributed by atoms with Crippen LogP contribution in [0.4, 0.5) is 11.4 Å². The molecule has 0 heterocycles. The molecule has 1 atom stereocenters. The van der Waals surface area contributed by atoms with Gasteiger partial charge in [0.25, 0.3) is 5.69 Å². The zero-order valence-electron chi connectivity index (χ0n) is 11.1. The lowest BCUT2D eigenvalue weighted by atomic mass is 10.2. The number of non-ortho nitro benzene ring substituents is 1. The third-order valence-electron chi connectivity index (χ3n) is 2.48. The lowest BCUT2D eigenvalue weighted by Gasteiger charge is -2.27. The number of alkyl halides is 3. The Morgan fingerprint density at radius 1 is 1.43 bits per heavy atom. The average Bonchev–Trinajstić information content (AvgIpc) is 2.37. The first kappa shape index (κ1) is 17.8. The second kappa shape index (κ2) is 7.68. The Morgan fingerprint density at radius 3 is 2.62 bits per heavy atom. The normalized spacial score (nSPS) is 12.6. The Bertz CT molecular complexity index is 520. The zero-order valence-corrected chi connectivity index (χ0v) is 13.4. The zero-order chi connectivity index (χ0) is 16.0. The van der Waals surface area contributed by atoms with Crippen molar-refractivity contribution in [3.8, 4) is 0 Å². The molecule has 21 heavy (non-hydrogen) atoms. The first-order valence-corrected chi connectivity index (χ1v) is 7.24. The van der Waals surface area contributed by atoms with Crippen molar-refractivity contribution in [3.05, 3.63) is 34.4 Å². The number of nitrogens with zero attached hydrogens (tertiary/aromatic N) is 1. The average molecular weight is 355 g/mol. The fourth-order valence-corrected chi connectivity index (χ4v) is 1.86. The summed E-state index contributed by atoms with van der Waals surface area (Å²) in [4.78, 5) is 21.8. The van der Waals surface area contributed by atoms with Gasteiger partial charge in [0.05, 0.1) is 4.92 Å². The molecule has 1 aromatic carbocycles. The molecule has 0 fully saturated rings. The van der Waals surface area contributed by atoms with Crippen LogP contribution in [0.5, 0.6) is 0 Å². The number of hydrogen-bond acceptors (Lipinski definition) is 4. The minimum Gasteiger partial charge on any atom is -0.362 e. The van der Waals surface area contributed by atoms with Gasteiger partial charge in [-0.15, -0.1) is 0 Å². The predicted octanol–water partition coefficient (Wildman–Crippen LogP) is 3.62. The van der Waals surface area contributed by atoms with Crippen molar-refractivity contribution in [2.75, 3.05) is 5.32 Å². The van der Waals surface area contributed by atoms with Crippen molar-refractivity contribution in [3.63, 3.8) is 0 Å². The Balaban J connectivity index is 2.89. The van der Waals surface area contributed by atoms with Gasteiger partial charge in [0.1, 0.15) is 6.17 Å². The topological polar surface area (TPSA) is 84.3 Å². The molecule has 0 saturated carbocycles. The molecule has 0 unspecified atom stereocenters. The molecule has 116 valence electrons. The van der Waals surface area contributed by atoms with Gasteiger partial charge in [-0.1, -0.05) is 47.8 Å². The van der Waals surface area contributed by atoms with Gasteiger partial charge in [-0.25, -0.2) is 0 Å². The molecule has 6 nitrogen and oxygen atoms in total. The van der Waals surface area contributed by atoms with E-state index in [0.29, 0.717) is 12.1 Å². The molecule has 1 aromatic rings. The predicted molar refractivity (Wildman–Crippen MR) is 83.8 cm³/mol. The Hall–Kier alpha value is -1.24. The number of carbonyl (C=O) groups is 1. The maximum Gasteiger partial charge on any atom is 0.271 e. The van der Waals surface area contributed by atoms with Crippen molar-refractivity contribution < 1.29 is 9.72 Å². The summed E-state index contributed by atoms with van der Waals surface area (Å²) >= 11 is 17.4. The summed E-state index contributed by atoms with van der Waals surface area (Å²) in [5.74, 6) is -0.285. The number of hydrogen-bond donors (Lipinski definition) is 2. The van der Waals surface area contributed by atoms with Gasteiger partial charge in [0, 0.05) is 24.2 Å². The third kappa shape index (κ3) is 5.95. The van der Waals surface area contributed by atoms with E-state index in [9.17, 15) is 14.9 Å². The van der Waals surface area contributed by atoms with Gasteiger partial charge >= 0.3 is 0 Å². The standard InChI is InChI=1S/C12H14Cl3N3O3/c1-2-4-10(19)17-11(12(13,14)15)16-8-5-3-6-9(7-8)18(20)21/h3,5-7,11,16H,2,4H2,1H3,(H,17,19)/t11-/m0/s1. The van der Waals surface area contributed by atoms with Crippen molar-refractivity contribution in [1.82, 2.24) is 5.32 Å². The second-order valence-electron chi connectivity index (χ2n) is 4.24. The molecule has 9 heteroatoms. The van der Waals surface area contributed by atoms with Gasteiger partial charge in [0.15, 0.2) is 0 Å². The van der Waals surface area contributed by atoms with E-state index >= 15 is 0 Å². The van der Waals surface area contributed by atoms with Crippen LogP contribution >= 0.6 is 34.8 Å². The minimum atomic E-state index is -1.81. The monoisotopic (exact) mass is 353 g/mol. The molecule has 2 N–H and O–H groups in total. The van der Waals surface area contributed by atoms with Gasteiger partial charge in [-0.2, -0.15) is 0 Å². The summed E-state index contributed by atoms with van der Waals surface area (Å²) in [7, 11) is 0. The second-order valence-corrected chi connectivity index (χ2v) is 6.61. The summed E-state index contributed by atoms with van der Waals surface area (Å²) in [6.45, 7) is 1.85. The van der Waals surface area contributed by atoms with E-state index in [-0.39, 0.29) is 18.0 Å². The number of amides is 1. The third-order valence-corrected chi connectivity index (χ3v) is 3.13. The van der Waals surface area contributed by atoms with E-state index in [4.69, 9.17) is 34.8 Å². The fourth-order valence-electron chi connectivity index (χ4n) is 1.54. The molecule has 0 spiro atoms. The highest BCUT2D eigenvalue weighted by Crippen LogP contribution is 2.31. The molecule has 1 rings (SSSR count). The molecule has 0 aliphatic carbocycles. The molecular weight excluding hydrogens is 341 g/mol. The summed E-state index contributed by atoms with van der Waals surface area (Å²) < 4.78 is -1.81. The van der Waals surface area contributed by atoms with Crippen LogP contribution in [0.1, 0.15) is 19.8 Å². The van der Waals surface area contributed by atoms with Crippen LogP contribution in [-0.4, -0.2) is 20.8 Å². The Kier molecular flexibility index (Phi) is 6.51. The lowest BCUT2D eigenvalue weighted by Crippen LogP contribution is -2.49. The number of nitro groups is 1. The van der Waals surface area contributed by atoms with Crippen LogP contribution in [0.2, 0.25) is 0 Å². The van der Waals surface area contributed by atoms with E-state index in [2.05, 4.69) is 10.6 Å². The minimum absolute atomic E-state index is 0.108. The highest BCUT2D eigenvalue weighted by Gasteiger charge is 2.34. The quantitative estimate of drug-likeness (QED) is 0.354. The largest absolute Gasteiger partial charge is 0.362 e. The summed E-state index contributed by atoms with van der Waals surface area (Å²) in [5.41, 5.74) is 0.250. The number of anilines is 1. The smallest absolute Gasteiger partial charge is 0.271 e. The Labute approximate surface area is 136 Å². The fraction of sp³-hybridized carbons (Fsp3) is 0.417. The van der Waals surface area contributed by atoms with Crippen LogP contribution in [0, 0.1) is 10.1 Å². The number of benzene rings is 1. The van der Waals surface area contributed by atoms with E-state index in [1.807, 2.05) is 6.92 Å². The molecule has 0 bridgehead atoms. The van der Waals surface area contributed by atoms with Crippen molar-refractivity contribution in [1.29, 1.82) is 0 Å². The maximum atomic E-state index is 11.6. The lowest BCUT2D eigenvalue weighted by molar-refractivity contribution is -0.384. The van der Waals surface area contributed by atoms with Crippen LogP contribution in [0.25, 0.3) is 0 Å². The highest BCUT2D eigenvalue weighted by atomic mass is 35.6. The van der Waals surface area contributed by atoms with E-state index < -0.39 is 14.9 Å². The van der Waals surface area contributed by atoms with Gasteiger partial charge in [-0.05, 0) is 12.5 Å². The number of rotatable bonds is 6. The van der Waals surface area contributed by atoms with Crippen molar-refractivity contribution in [2.24, 2.45) is 0 Å². The van der Waals surface area contributed by atoms with Gasteiger partial charge in [-0.3, -0.25) is 14.9 Å². The molecule has 0 radical (unpaired) electrons. The first-order chi connectivity index (χ1) is 9.74. The van der Waals surface area contributed by atoms with Crippen LogP contribution in [-0.2, 0) is 4.79 Å². The van der Waals surface area contributed by atoms with E-state index in [1.165, 1.54) is 18.2 Å². The van der Waals surface area contributed by atoms with E-state index in [1.54, 1.807) is 6.07 Å². The Morgan fingerprint density at radius 2 is 2.10 bits per heavy atom. The number of nitrogens with one attached hydrogen (secondary N) is 2. The molecule has 0 aliphatic rings. The molecule has 0 saturated heterocycles. The molecule has 0 aromatic heterocycles. The summed E-state index contributed by atoms with van der Waals surface area (Å²) in [6, 6.07) is 5.69. The molecule has 1 amide bonds. The maximum absolute atomic E-state index is 11.6. The number of carbonyl (C=O) groups excluding carboxylic acids is 1. The SMILES string of the molecule is CCCC(=O)N[C@H](Nc1cccc([N+](=O)[O-])c1)C(Cl)(Cl)Cl. The number of halogens is 3. The molecule has 0 aliphatic heterocycles. The van der Waals surface area contributed by atoms with Crippen molar-refractivity contribution >= 4 is 52.1 Å². The van der Waals surface area contributed by atoms with Gasteiger partial charge in [0.2, 0.25) is 9.70 Å².